The van der Waals surface area contributed by atoms with Crippen LogP contribution in [0.15, 0.2) is 22.8 Å². The monoisotopic (exact) mass is 180 g/mol. The predicted molar refractivity (Wildman–Crippen MR) is 46.0 cm³/mol. The van der Waals surface area contributed by atoms with Gasteiger partial charge in [0.15, 0.2) is 11.5 Å². The fraction of sp³-hybridized carbons (Fsp3) is 0.250. The molecule has 1 unspecified atom stereocenters. The van der Waals surface area contributed by atoms with Gasteiger partial charge in [0.25, 0.3) is 0 Å². The number of hydrogen-bond acceptors (Lipinski definition) is 3. The van der Waals surface area contributed by atoms with Crippen LogP contribution >= 0.6 is 0 Å². The summed E-state index contributed by atoms with van der Waals surface area (Å²) in [5.74, 6) is 0.00688. The van der Waals surface area contributed by atoms with Gasteiger partial charge >= 0.3 is 0 Å². The Balaban J connectivity index is 2.79. The van der Waals surface area contributed by atoms with Crippen LogP contribution in [-0.4, -0.2) is 27.9 Å². The fourth-order valence-corrected chi connectivity index (χ4v) is 1.10. The second kappa shape index (κ2) is 3.70. The lowest BCUT2D eigenvalue weighted by molar-refractivity contribution is -0.116. The number of carbonyl (C=O) groups excluding carboxylic acids is 2. The average Bonchev–Trinajstić information content (AvgIpc) is 2.53. The van der Waals surface area contributed by atoms with E-state index in [1.807, 2.05) is 0 Å². The first-order valence-electron chi connectivity index (χ1n) is 3.71. The van der Waals surface area contributed by atoms with Crippen LogP contribution in [0.2, 0.25) is 4.78 Å². The van der Waals surface area contributed by atoms with Crippen LogP contribution in [0, 0.1) is 0 Å². The molecule has 0 aliphatic heterocycles. The zero-order valence-electron chi connectivity index (χ0n) is 7.03. The van der Waals surface area contributed by atoms with Gasteiger partial charge in [-0.3, -0.25) is 4.79 Å². The molecule has 1 aromatic rings. The van der Waals surface area contributed by atoms with E-state index in [4.69, 9.17) is 4.42 Å². The summed E-state index contributed by atoms with van der Waals surface area (Å²) in [5.41, 5.74) is 0. The van der Waals surface area contributed by atoms with E-state index in [0.29, 0.717) is 16.3 Å². The van der Waals surface area contributed by atoms with Gasteiger partial charge in [0.2, 0.25) is 16.3 Å². The van der Waals surface area contributed by atoms with Crippen LogP contribution in [0.3, 0.4) is 0 Å². The SMILES string of the molecule is CC(=O)[CH]([AlH2])C(=O)c1ccco1. The molecular formula is C8H9AlO3. The van der Waals surface area contributed by atoms with E-state index < -0.39 is 4.78 Å². The highest BCUT2D eigenvalue weighted by molar-refractivity contribution is 6.38. The van der Waals surface area contributed by atoms with E-state index >= 15 is 0 Å². The molecule has 1 rings (SSSR count). The van der Waals surface area contributed by atoms with Crippen molar-refractivity contribution in [3.8, 4) is 0 Å². The molecule has 4 heteroatoms. The van der Waals surface area contributed by atoms with E-state index in [-0.39, 0.29) is 17.3 Å². The van der Waals surface area contributed by atoms with Gasteiger partial charge in [0.1, 0.15) is 5.78 Å². The molecule has 12 heavy (non-hydrogen) atoms. The third kappa shape index (κ3) is 1.85. The molecule has 0 aromatic carbocycles. The van der Waals surface area contributed by atoms with Crippen molar-refractivity contribution in [3.05, 3.63) is 24.2 Å². The van der Waals surface area contributed by atoms with Crippen LogP contribution in [0.4, 0.5) is 0 Å². The molecule has 0 saturated carbocycles. The second-order valence-corrected chi connectivity index (χ2v) is 3.83. The Labute approximate surface area is 78.2 Å². The first-order chi connectivity index (χ1) is 5.63. The predicted octanol–water partition coefficient (Wildman–Crippen LogP) is 0.473. The normalized spacial score (nSPS) is 12.4. The molecule has 62 valence electrons. The van der Waals surface area contributed by atoms with Crippen molar-refractivity contribution < 1.29 is 14.0 Å². The Bertz CT molecular complexity index is 289. The summed E-state index contributed by atoms with van der Waals surface area (Å²) in [7, 11) is 0. The molecule has 0 fully saturated rings. The molecule has 0 aliphatic rings. The molecular weight excluding hydrogens is 171 g/mol. The van der Waals surface area contributed by atoms with E-state index in [1.165, 1.54) is 13.2 Å². The molecule has 1 heterocycles. The summed E-state index contributed by atoms with van der Waals surface area (Å²) in [4.78, 5) is 22.2. The van der Waals surface area contributed by atoms with Crippen LogP contribution < -0.4 is 0 Å². The van der Waals surface area contributed by atoms with E-state index in [1.54, 1.807) is 12.1 Å². The maximum atomic E-state index is 11.4. The summed E-state index contributed by atoms with van der Waals surface area (Å²) in [6, 6.07) is 3.22. The third-order valence-electron chi connectivity index (χ3n) is 1.77. The molecule has 0 radical (unpaired) electrons. The van der Waals surface area contributed by atoms with Gasteiger partial charge in [-0.15, -0.1) is 0 Å². The Morgan fingerprint density at radius 2 is 2.25 bits per heavy atom. The lowest BCUT2D eigenvalue weighted by Crippen LogP contribution is -2.15. The Hall–Kier alpha value is -0.848. The number of carbonyl (C=O) groups is 2. The van der Waals surface area contributed by atoms with Gasteiger partial charge in [-0.2, -0.15) is 0 Å². The Kier molecular flexibility index (Phi) is 2.85. The van der Waals surface area contributed by atoms with Crippen LogP contribution in [0.1, 0.15) is 17.5 Å². The van der Waals surface area contributed by atoms with Crippen molar-refractivity contribution in [3.63, 3.8) is 0 Å². The van der Waals surface area contributed by atoms with Crippen LogP contribution in [0.5, 0.6) is 0 Å². The quantitative estimate of drug-likeness (QED) is 0.386. The minimum atomic E-state index is -0.462. The zero-order chi connectivity index (χ0) is 9.14. The molecule has 1 atom stereocenters. The Morgan fingerprint density at radius 3 is 2.67 bits per heavy atom. The lowest BCUT2D eigenvalue weighted by atomic mass is 10.2. The summed E-state index contributed by atoms with van der Waals surface area (Å²) >= 11 is 0.544. The average molecular weight is 180 g/mol. The Morgan fingerprint density at radius 1 is 1.58 bits per heavy atom. The maximum Gasteiger partial charge on any atom is 0.241 e. The largest absolute Gasteiger partial charge is 0.461 e. The molecule has 0 N–H and O–H groups in total. The lowest BCUT2D eigenvalue weighted by Gasteiger charge is -2.02. The topological polar surface area (TPSA) is 47.3 Å². The van der Waals surface area contributed by atoms with Gasteiger partial charge in [-0.05, 0) is 19.1 Å². The molecule has 0 amide bonds. The number of ketones is 2. The molecule has 0 saturated heterocycles. The molecule has 0 bridgehead atoms. The highest BCUT2D eigenvalue weighted by Crippen LogP contribution is 2.11. The summed E-state index contributed by atoms with van der Waals surface area (Å²) in [5, 5.41) is 0. The minimum Gasteiger partial charge on any atom is -0.461 e. The van der Waals surface area contributed by atoms with Gasteiger partial charge in [0.05, 0.1) is 6.26 Å². The van der Waals surface area contributed by atoms with Crippen molar-refractivity contribution in [2.45, 2.75) is 11.7 Å². The van der Waals surface area contributed by atoms with Crippen molar-refractivity contribution >= 4 is 27.9 Å². The smallest absolute Gasteiger partial charge is 0.241 e. The van der Waals surface area contributed by atoms with Gasteiger partial charge in [0, 0.05) is 4.78 Å². The first kappa shape index (κ1) is 9.24. The van der Waals surface area contributed by atoms with E-state index in [9.17, 15) is 9.59 Å². The second-order valence-electron chi connectivity index (χ2n) is 2.67. The minimum absolute atomic E-state index is 0.0805. The highest BCUT2D eigenvalue weighted by Gasteiger charge is 2.20. The number of furan rings is 1. The van der Waals surface area contributed by atoms with Crippen LogP contribution in [-0.2, 0) is 4.79 Å². The molecule has 1 aromatic heterocycles. The molecule has 3 nitrogen and oxygen atoms in total. The van der Waals surface area contributed by atoms with Crippen molar-refractivity contribution in [2.24, 2.45) is 0 Å². The number of Topliss-reactive ketones (excluding diaryl/α,β-unsaturated/α-hetero) is 2. The third-order valence-corrected chi connectivity index (χ3v) is 3.10. The zero-order valence-corrected chi connectivity index (χ0v) is 9.03. The summed E-state index contributed by atoms with van der Waals surface area (Å²) in [6.45, 7) is 1.43. The van der Waals surface area contributed by atoms with Gasteiger partial charge < -0.3 is 9.21 Å². The van der Waals surface area contributed by atoms with Crippen molar-refractivity contribution in [1.82, 2.24) is 0 Å². The van der Waals surface area contributed by atoms with Crippen molar-refractivity contribution in [2.75, 3.05) is 0 Å². The van der Waals surface area contributed by atoms with E-state index in [2.05, 4.69) is 0 Å². The number of hydrogen-bond donors (Lipinski definition) is 0. The standard InChI is InChI=1S/C8H7O3.Al.2H/c1-6(9)5-7(10)8-3-2-4-11-8;;;/h2-5H,1H3;;;. The molecule has 0 spiro atoms. The van der Waals surface area contributed by atoms with Crippen LogP contribution in [0.25, 0.3) is 0 Å². The number of rotatable bonds is 3. The first-order valence-corrected chi connectivity index (χ1v) is 4.86. The van der Waals surface area contributed by atoms with Crippen molar-refractivity contribution in [1.29, 1.82) is 0 Å². The van der Waals surface area contributed by atoms with Gasteiger partial charge in [-0.25, -0.2) is 0 Å². The van der Waals surface area contributed by atoms with E-state index in [0.717, 1.165) is 0 Å². The summed E-state index contributed by atoms with van der Waals surface area (Å²) in [6.07, 6.45) is 1.43. The summed E-state index contributed by atoms with van der Waals surface area (Å²) < 4.78 is 4.43. The fourth-order valence-electron chi connectivity index (χ4n) is 0.817. The highest BCUT2D eigenvalue weighted by atomic mass is 27.0. The maximum absolute atomic E-state index is 11.4. The molecule has 0 aliphatic carbocycles. The van der Waals surface area contributed by atoms with Gasteiger partial charge in [-0.1, -0.05) is 0 Å².